The maximum absolute atomic E-state index is 10.7. The monoisotopic (exact) mass is 257 g/mol. The first-order valence-corrected chi connectivity index (χ1v) is 4.75. The predicted octanol–water partition coefficient (Wildman–Crippen LogP) is -0.641. The number of nitro groups is 1. The van der Waals surface area contributed by atoms with Crippen molar-refractivity contribution in [2.75, 3.05) is 5.73 Å². The van der Waals surface area contributed by atoms with Gasteiger partial charge >= 0.3 is 11.7 Å². The van der Waals surface area contributed by atoms with E-state index in [1.54, 1.807) is 0 Å². The van der Waals surface area contributed by atoms with E-state index in [-0.39, 0.29) is 16.9 Å². The molecule has 0 aliphatic rings. The summed E-state index contributed by atoms with van der Waals surface area (Å²) in [5.41, 5.74) is 4.59. The van der Waals surface area contributed by atoms with E-state index >= 15 is 0 Å². The fourth-order valence-electron chi connectivity index (χ4n) is 1.46. The Labute approximate surface area is 101 Å². The van der Waals surface area contributed by atoms with Gasteiger partial charge in [0.15, 0.2) is 6.10 Å². The number of aromatic nitrogens is 1. The molecule has 0 spiro atoms. The fourth-order valence-corrected chi connectivity index (χ4v) is 1.46. The highest BCUT2D eigenvalue weighted by Crippen LogP contribution is 2.30. The lowest BCUT2D eigenvalue weighted by atomic mass is 10.0. The highest BCUT2D eigenvalue weighted by atomic mass is 16.6. The van der Waals surface area contributed by atoms with Crippen LogP contribution in [0.15, 0.2) is 6.20 Å². The molecule has 2 unspecified atom stereocenters. The minimum atomic E-state index is -2.10. The molecule has 5 N–H and O–H groups in total. The Bertz CT molecular complexity index is 503. The highest BCUT2D eigenvalue weighted by Gasteiger charge is 2.30. The van der Waals surface area contributed by atoms with Crippen molar-refractivity contribution < 1.29 is 25.0 Å². The maximum Gasteiger partial charge on any atom is 0.335 e. The van der Waals surface area contributed by atoms with E-state index in [1.807, 2.05) is 0 Å². The standard InChI is InChI=1S/C9H11N3O6/c1-3-4(6(13)7(14)9(15)16)2-11-8(10)5(3)12(17)18/h2,6-7,13-14H,1H3,(H2,10,11)(H,15,16). The Morgan fingerprint density at radius 1 is 1.56 bits per heavy atom. The number of hydrogen-bond donors (Lipinski definition) is 4. The van der Waals surface area contributed by atoms with Crippen LogP contribution in [0, 0.1) is 17.0 Å². The third-order valence-corrected chi connectivity index (χ3v) is 2.43. The Morgan fingerprint density at radius 3 is 2.56 bits per heavy atom. The summed E-state index contributed by atoms with van der Waals surface area (Å²) in [6.45, 7) is 1.28. The summed E-state index contributed by atoms with van der Waals surface area (Å²) in [5, 5.41) is 38.1. The smallest absolute Gasteiger partial charge is 0.335 e. The van der Waals surface area contributed by atoms with Crippen molar-refractivity contribution in [1.29, 1.82) is 0 Å². The average Bonchev–Trinajstić information content (AvgIpc) is 2.26. The SMILES string of the molecule is Cc1c(C(O)C(O)C(=O)O)cnc(N)c1[N+](=O)[O-]. The molecule has 0 fully saturated rings. The zero-order valence-corrected chi connectivity index (χ0v) is 9.27. The summed E-state index contributed by atoms with van der Waals surface area (Å²) in [6.07, 6.45) is -2.93. The number of anilines is 1. The molecule has 98 valence electrons. The Morgan fingerprint density at radius 2 is 2.11 bits per heavy atom. The van der Waals surface area contributed by atoms with Crippen LogP contribution in [0.5, 0.6) is 0 Å². The summed E-state index contributed by atoms with van der Waals surface area (Å²) in [6, 6.07) is 0. The number of aliphatic carboxylic acids is 1. The summed E-state index contributed by atoms with van der Waals surface area (Å²) in [5.74, 6) is -2.00. The Kier molecular flexibility index (Phi) is 3.79. The molecule has 9 nitrogen and oxygen atoms in total. The van der Waals surface area contributed by atoms with Gasteiger partial charge in [0, 0.05) is 17.3 Å². The summed E-state index contributed by atoms with van der Waals surface area (Å²) in [4.78, 5) is 24.0. The van der Waals surface area contributed by atoms with E-state index in [4.69, 9.17) is 10.8 Å². The van der Waals surface area contributed by atoms with E-state index in [2.05, 4.69) is 4.98 Å². The molecule has 2 atom stereocenters. The number of carboxylic acid groups (broad SMARTS) is 1. The Hall–Kier alpha value is -2.26. The fraction of sp³-hybridized carbons (Fsp3) is 0.333. The van der Waals surface area contributed by atoms with E-state index < -0.39 is 28.8 Å². The van der Waals surface area contributed by atoms with E-state index in [0.29, 0.717) is 0 Å². The topological polar surface area (TPSA) is 160 Å². The lowest BCUT2D eigenvalue weighted by molar-refractivity contribution is -0.384. The molecule has 0 aliphatic carbocycles. The maximum atomic E-state index is 10.7. The van der Waals surface area contributed by atoms with Gasteiger partial charge in [-0.15, -0.1) is 0 Å². The Balaban J connectivity index is 3.31. The van der Waals surface area contributed by atoms with Crippen molar-refractivity contribution in [2.24, 2.45) is 0 Å². The van der Waals surface area contributed by atoms with Crippen molar-refractivity contribution in [3.8, 4) is 0 Å². The largest absolute Gasteiger partial charge is 0.479 e. The minimum absolute atomic E-state index is 0.0414. The molecule has 0 aromatic carbocycles. The second kappa shape index (κ2) is 4.94. The first kappa shape index (κ1) is 13.8. The van der Waals surface area contributed by atoms with Crippen LogP contribution in [0.3, 0.4) is 0 Å². The number of aliphatic hydroxyl groups excluding tert-OH is 2. The van der Waals surface area contributed by atoms with Crippen molar-refractivity contribution in [1.82, 2.24) is 4.98 Å². The minimum Gasteiger partial charge on any atom is -0.479 e. The van der Waals surface area contributed by atoms with Gasteiger partial charge in [0.05, 0.1) is 4.92 Å². The number of nitrogen functional groups attached to an aromatic ring is 1. The van der Waals surface area contributed by atoms with Gasteiger partial charge in [0.2, 0.25) is 5.82 Å². The molecule has 0 saturated heterocycles. The van der Waals surface area contributed by atoms with Gasteiger partial charge in [0.25, 0.3) is 0 Å². The molecule has 1 heterocycles. The van der Waals surface area contributed by atoms with E-state index in [9.17, 15) is 25.1 Å². The molecule has 0 saturated carbocycles. The van der Waals surface area contributed by atoms with Gasteiger partial charge in [-0.2, -0.15) is 0 Å². The lowest BCUT2D eigenvalue weighted by Gasteiger charge is -2.16. The quantitative estimate of drug-likeness (QED) is 0.409. The van der Waals surface area contributed by atoms with Crippen LogP contribution in [0.2, 0.25) is 0 Å². The summed E-state index contributed by atoms with van der Waals surface area (Å²) < 4.78 is 0. The third-order valence-electron chi connectivity index (χ3n) is 2.43. The van der Waals surface area contributed by atoms with Gasteiger partial charge in [-0.05, 0) is 6.92 Å². The predicted molar refractivity (Wildman–Crippen MR) is 58.6 cm³/mol. The van der Waals surface area contributed by atoms with E-state index in [0.717, 1.165) is 6.20 Å². The van der Waals surface area contributed by atoms with Gasteiger partial charge in [-0.1, -0.05) is 0 Å². The number of hydrogen-bond acceptors (Lipinski definition) is 7. The number of nitrogens with zero attached hydrogens (tertiary/aromatic N) is 2. The number of rotatable bonds is 4. The highest BCUT2D eigenvalue weighted by molar-refractivity contribution is 5.73. The van der Waals surface area contributed by atoms with Gasteiger partial charge < -0.3 is 21.1 Å². The van der Waals surface area contributed by atoms with Gasteiger partial charge in [0.1, 0.15) is 6.10 Å². The first-order valence-electron chi connectivity index (χ1n) is 4.75. The number of nitrogens with two attached hydrogens (primary N) is 1. The molecule has 0 amide bonds. The summed E-state index contributed by atoms with van der Waals surface area (Å²) in [7, 11) is 0. The molecule has 0 aliphatic heterocycles. The van der Waals surface area contributed by atoms with Crippen LogP contribution < -0.4 is 5.73 Å². The molecule has 0 bridgehead atoms. The molecular weight excluding hydrogens is 246 g/mol. The number of carboxylic acids is 1. The molecule has 1 aromatic heterocycles. The second-order valence-electron chi connectivity index (χ2n) is 3.56. The molecule has 1 aromatic rings. The molecule has 0 radical (unpaired) electrons. The molecule has 1 rings (SSSR count). The van der Waals surface area contributed by atoms with Crippen molar-refractivity contribution in [2.45, 2.75) is 19.1 Å². The molecule has 9 heteroatoms. The van der Waals surface area contributed by atoms with Crippen molar-refractivity contribution in [3.05, 3.63) is 27.4 Å². The first-order chi connectivity index (χ1) is 8.27. The van der Waals surface area contributed by atoms with Gasteiger partial charge in [-0.25, -0.2) is 9.78 Å². The number of carbonyl (C=O) groups is 1. The molecule has 18 heavy (non-hydrogen) atoms. The zero-order chi connectivity index (χ0) is 14.0. The number of aliphatic hydroxyl groups is 2. The van der Waals surface area contributed by atoms with Crippen LogP contribution in [0.25, 0.3) is 0 Å². The van der Waals surface area contributed by atoms with Gasteiger partial charge in [-0.3, -0.25) is 10.1 Å². The zero-order valence-electron chi connectivity index (χ0n) is 9.27. The summed E-state index contributed by atoms with van der Waals surface area (Å²) >= 11 is 0. The van der Waals surface area contributed by atoms with Crippen LogP contribution in [-0.4, -0.2) is 37.3 Å². The van der Waals surface area contributed by atoms with Crippen LogP contribution in [0.1, 0.15) is 17.2 Å². The third kappa shape index (κ3) is 2.36. The normalized spacial score (nSPS) is 13.9. The van der Waals surface area contributed by atoms with Crippen LogP contribution in [-0.2, 0) is 4.79 Å². The second-order valence-corrected chi connectivity index (χ2v) is 3.56. The molecular formula is C9H11N3O6. The number of pyridine rings is 1. The van der Waals surface area contributed by atoms with E-state index in [1.165, 1.54) is 6.92 Å². The van der Waals surface area contributed by atoms with Crippen LogP contribution in [0.4, 0.5) is 11.5 Å². The lowest BCUT2D eigenvalue weighted by Crippen LogP contribution is -2.28. The van der Waals surface area contributed by atoms with Crippen molar-refractivity contribution in [3.63, 3.8) is 0 Å². The average molecular weight is 257 g/mol. The van der Waals surface area contributed by atoms with Crippen LogP contribution >= 0.6 is 0 Å². The van der Waals surface area contributed by atoms with Crippen molar-refractivity contribution >= 4 is 17.5 Å².